The van der Waals surface area contributed by atoms with Crippen molar-refractivity contribution in [1.82, 2.24) is 0 Å². The normalized spacial score (nSPS) is 25.1. The molecular weight excluding hydrogens is 236 g/mol. The average molecular weight is 250 g/mol. The van der Waals surface area contributed by atoms with Crippen LogP contribution in [0.5, 0.6) is 0 Å². The predicted octanol–water partition coefficient (Wildman–Crippen LogP) is 4.17. The number of aryl methyl sites for hydroxylation is 1. The predicted molar refractivity (Wildman–Crippen MR) is 69.3 cm³/mol. The molecule has 3 rings (SSSR count). The SMILES string of the molecule is Cc1ccsc1[C@@]1(c2cccs2)CCCO1. The Morgan fingerprint density at radius 3 is 2.75 bits per heavy atom. The molecule has 3 heterocycles. The summed E-state index contributed by atoms with van der Waals surface area (Å²) in [6.07, 6.45) is 2.28. The van der Waals surface area contributed by atoms with Crippen LogP contribution >= 0.6 is 22.7 Å². The van der Waals surface area contributed by atoms with Gasteiger partial charge in [0, 0.05) is 16.4 Å². The van der Waals surface area contributed by atoms with Gasteiger partial charge in [-0.3, -0.25) is 0 Å². The summed E-state index contributed by atoms with van der Waals surface area (Å²) in [4.78, 5) is 2.75. The van der Waals surface area contributed by atoms with E-state index < -0.39 is 0 Å². The highest BCUT2D eigenvalue weighted by molar-refractivity contribution is 7.11. The quantitative estimate of drug-likeness (QED) is 0.777. The molecule has 3 heteroatoms. The van der Waals surface area contributed by atoms with Crippen molar-refractivity contribution >= 4 is 22.7 Å². The minimum absolute atomic E-state index is 0.133. The summed E-state index contributed by atoms with van der Waals surface area (Å²) in [7, 11) is 0. The molecule has 16 heavy (non-hydrogen) atoms. The Hall–Kier alpha value is -0.640. The Labute approximate surface area is 104 Å². The van der Waals surface area contributed by atoms with Crippen molar-refractivity contribution in [2.45, 2.75) is 25.4 Å². The third-order valence-corrected chi connectivity index (χ3v) is 5.34. The monoisotopic (exact) mass is 250 g/mol. The highest BCUT2D eigenvalue weighted by Crippen LogP contribution is 2.47. The molecule has 0 amide bonds. The fourth-order valence-corrected chi connectivity index (χ4v) is 4.52. The molecule has 2 aromatic heterocycles. The number of hydrogen-bond donors (Lipinski definition) is 0. The van der Waals surface area contributed by atoms with Gasteiger partial charge in [0.25, 0.3) is 0 Å². The van der Waals surface area contributed by atoms with Crippen LogP contribution in [0, 0.1) is 6.92 Å². The lowest BCUT2D eigenvalue weighted by Gasteiger charge is -2.27. The number of ether oxygens (including phenoxy) is 1. The first kappa shape index (κ1) is 10.5. The van der Waals surface area contributed by atoms with Crippen LogP contribution in [-0.4, -0.2) is 6.61 Å². The van der Waals surface area contributed by atoms with Crippen molar-refractivity contribution in [2.75, 3.05) is 6.61 Å². The molecule has 0 aromatic carbocycles. The van der Waals surface area contributed by atoms with E-state index in [-0.39, 0.29) is 5.60 Å². The van der Waals surface area contributed by atoms with Gasteiger partial charge in [-0.05, 0) is 48.2 Å². The van der Waals surface area contributed by atoms with Gasteiger partial charge in [-0.2, -0.15) is 0 Å². The standard InChI is InChI=1S/C13H14OS2/c1-10-5-9-16-12(10)13(6-3-7-14-13)11-4-2-8-15-11/h2,4-5,8-9H,3,6-7H2,1H3/t13-/m0/s1. The zero-order valence-corrected chi connectivity index (χ0v) is 10.9. The van der Waals surface area contributed by atoms with E-state index in [0.717, 1.165) is 19.4 Å². The molecule has 0 aliphatic carbocycles. The lowest BCUT2D eigenvalue weighted by atomic mass is 9.94. The van der Waals surface area contributed by atoms with Crippen molar-refractivity contribution in [3.05, 3.63) is 44.3 Å². The molecule has 0 saturated carbocycles. The summed E-state index contributed by atoms with van der Waals surface area (Å²) in [5, 5.41) is 4.31. The maximum atomic E-state index is 6.13. The molecule has 1 nitrogen and oxygen atoms in total. The van der Waals surface area contributed by atoms with E-state index >= 15 is 0 Å². The second kappa shape index (κ2) is 3.99. The molecule has 0 radical (unpaired) electrons. The maximum Gasteiger partial charge on any atom is 0.137 e. The van der Waals surface area contributed by atoms with Gasteiger partial charge in [-0.1, -0.05) is 6.07 Å². The molecule has 1 fully saturated rings. The smallest absolute Gasteiger partial charge is 0.137 e. The molecule has 1 atom stereocenters. The lowest BCUT2D eigenvalue weighted by molar-refractivity contribution is 0.0415. The minimum Gasteiger partial charge on any atom is -0.364 e. The molecule has 1 aliphatic heterocycles. The van der Waals surface area contributed by atoms with Gasteiger partial charge >= 0.3 is 0 Å². The van der Waals surface area contributed by atoms with Crippen molar-refractivity contribution < 1.29 is 4.74 Å². The Bertz CT molecular complexity index is 464. The van der Waals surface area contributed by atoms with Crippen molar-refractivity contribution in [2.24, 2.45) is 0 Å². The first-order chi connectivity index (χ1) is 7.83. The third-order valence-electron chi connectivity index (χ3n) is 3.17. The second-order valence-electron chi connectivity index (χ2n) is 4.19. The molecule has 2 aromatic rings. The molecule has 1 aliphatic rings. The molecule has 0 bridgehead atoms. The lowest BCUT2D eigenvalue weighted by Crippen LogP contribution is -2.24. The Morgan fingerprint density at radius 2 is 2.19 bits per heavy atom. The van der Waals surface area contributed by atoms with Gasteiger partial charge in [0.1, 0.15) is 5.60 Å². The van der Waals surface area contributed by atoms with Crippen LogP contribution in [0.3, 0.4) is 0 Å². The van der Waals surface area contributed by atoms with Crippen LogP contribution in [0.25, 0.3) is 0 Å². The van der Waals surface area contributed by atoms with E-state index in [9.17, 15) is 0 Å². The number of hydrogen-bond acceptors (Lipinski definition) is 3. The third kappa shape index (κ3) is 1.46. The van der Waals surface area contributed by atoms with Crippen LogP contribution in [0.2, 0.25) is 0 Å². The zero-order chi connectivity index (χ0) is 11.0. The van der Waals surface area contributed by atoms with Crippen molar-refractivity contribution in [1.29, 1.82) is 0 Å². The van der Waals surface area contributed by atoms with Gasteiger partial charge in [0.2, 0.25) is 0 Å². The zero-order valence-electron chi connectivity index (χ0n) is 9.23. The average Bonchev–Trinajstić information content (AvgIpc) is 2.97. The summed E-state index contributed by atoms with van der Waals surface area (Å²) in [6, 6.07) is 6.51. The Kier molecular flexibility index (Phi) is 2.62. The van der Waals surface area contributed by atoms with E-state index in [2.05, 4.69) is 35.9 Å². The van der Waals surface area contributed by atoms with Crippen molar-refractivity contribution in [3.63, 3.8) is 0 Å². The van der Waals surface area contributed by atoms with Gasteiger partial charge in [0.15, 0.2) is 0 Å². The maximum absolute atomic E-state index is 6.13. The molecule has 1 saturated heterocycles. The van der Waals surface area contributed by atoms with Crippen molar-refractivity contribution in [3.8, 4) is 0 Å². The van der Waals surface area contributed by atoms with Gasteiger partial charge in [0.05, 0.1) is 0 Å². The summed E-state index contributed by atoms with van der Waals surface area (Å²) >= 11 is 3.63. The molecular formula is C13H14OS2. The molecule has 0 N–H and O–H groups in total. The van der Waals surface area contributed by atoms with E-state index in [1.54, 1.807) is 0 Å². The second-order valence-corrected chi connectivity index (χ2v) is 6.05. The fourth-order valence-electron chi connectivity index (χ4n) is 2.42. The Balaban J connectivity index is 2.14. The van der Waals surface area contributed by atoms with Crippen LogP contribution in [0.15, 0.2) is 29.0 Å². The van der Waals surface area contributed by atoms with Gasteiger partial charge in [-0.25, -0.2) is 0 Å². The topological polar surface area (TPSA) is 9.23 Å². The van der Waals surface area contributed by atoms with E-state index in [0.29, 0.717) is 0 Å². The van der Waals surface area contributed by atoms with E-state index in [1.807, 2.05) is 22.7 Å². The Morgan fingerprint density at radius 1 is 1.25 bits per heavy atom. The molecule has 84 valence electrons. The van der Waals surface area contributed by atoms with E-state index in [4.69, 9.17) is 4.74 Å². The first-order valence-corrected chi connectivity index (χ1v) is 7.31. The first-order valence-electron chi connectivity index (χ1n) is 5.55. The van der Waals surface area contributed by atoms with Crippen LogP contribution < -0.4 is 0 Å². The summed E-state index contributed by atoms with van der Waals surface area (Å²) in [5.74, 6) is 0. The van der Waals surface area contributed by atoms with Crippen LogP contribution in [0.4, 0.5) is 0 Å². The van der Waals surface area contributed by atoms with Gasteiger partial charge < -0.3 is 4.74 Å². The highest BCUT2D eigenvalue weighted by Gasteiger charge is 2.41. The van der Waals surface area contributed by atoms with Crippen LogP contribution in [-0.2, 0) is 10.3 Å². The van der Waals surface area contributed by atoms with Gasteiger partial charge in [-0.15, -0.1) is 22.7 Å². The minimum atomic E-state index is -0.133. The summed E-state index contributed by atoms with van der Waals surface area (Å²) in [6.45, 7) is 3.07. The largest absolute Gasteiger partial charge is 0.364 e. The fraction of sp³-hybridized carbons (Fsp3) is 0.385. The molecule has 0 unspecified atom stereocenters. The number of rotatable bonds is 2. The summed E-state index contributed by atoms with van der Waals surface area (Å²) in [5.41, 5.74) is 1.23. The molecule has 0 spiro atoms. The summed E-state index contributed by atoms with van der Waals surface area (Å²) < 4.78 is 6.13. The van der Waals surface area contributed by atoms with Crippen LogP contribution in [0.1, 0.15) is 28.2 Å². The number of thiophene rings is 2. The van der Waals surface area contributed by atoms with E-state index in [1.165, 1.54) is 15.3 Å². The highest BCUT2D eigenvalue weighted by atomic mass is 32.1.